The predicted molar refractivity (Wildman–Crippen MR) is 138 cm³/mol. The van der Waals surface area contributed by atoms with Crippen LogP contribution in [0.3, 0.4) is 0 Å². The third-order valence-electron chi connectivity index (χ3n) is 5.82. The van der Waals surface area contributed by atoms with Gasteiger partial charge in [-0.05, 0) is 49.4 Å². The van der Waals surface area contributed by atoms with Crippen molar-refractivity contribution in [2.75, 3.05) is 18.2 Å². The Bertz CT molecular complexity index is 1260. The number of hydrogen-bond donors (Lipinski definition) is 1. The number of fused-ring (bicyclic) bond motifs is 1. The molecule has 0 spiro atoms. The minimum Gasteiger partial charge on any atom is -0.484 e. The van der Waals surface area contributed by atoms with Crippen molar-refractivity contribution in [3.8, 4) is 5.75 Å². The van der Waals surface area contributed by atoms with Gasteiger partial charge in [0.25, 0.3) is 0 Å². The van der Waals surface area contributed by atoms with Crippen molar-refractivity contribution < 1.29 is 23.5 Å². The first-order chi connectivity index (χ1) is 17.4. The van der Waals surface area contributed by atoms with Crippen LogP contribution in [-0.4, -0.2) is 39.5 Å². The van der Waals surface area contributed by atoms with Gasteiger partial charge >= 0.3 is 5.97 Å². The average Bonchev–Trinajstić information content (AvgIpc) is 3.35. The standard InChI is InChI=1S/C24H26ClFN4O4S2/c1-30-19(12-34-17-10-9-14(26)11-16(17)25)28-29-24(30)35-13-20(31)27-22-21(23(32)33-2)15-7-5-3-4-6-8-18(15)36-22/h9-11H,3-8,12-13H2,1-2H3,(H,27,31). The van der Waals surface area contributed by atoms with E-state index in [2.05, 4.69) is 15.5 Å². The first kappa shape index (κ1) is 26.4. The number of rotatable bonds is 8. The number of carbonyl (C=O) groups excluding carboxylic acids is 2. The summed E-state index contributed by atoms with van der Waals surface area (Å²) in [5, 5.41) is 12.4. The third kappa shape index (κ3) is 6.19. The van der Waals surface area contributed by atoms with E-state index in [0.29, 0.717) is 27.3 Å². The minimum atomic E-state index is -0.449. The van der Waals surface area contributed by atoms with Gasteiger partial charge in [-0.25, -0.2) is 9.18 Å². The molecule has 192 valence electrons. The van der Waals surface area contributed by atoms with Gasteiger partial charge in [0.2, 0.25) is 5.91 Å². The molecule has 1 aliphatic rings. The molecular formula is C24H26ClFN4O4S2. The Morgan fingerprint density at radius 2 is 2.00 bits per heavy atom. The Hall–Kier alpha value is -2.63. The fraction of sp³-hybridized carbons (Fsp3) is 0.417. The van der Waals surface area contributed by atoms with Crippen LogP contribution in [0, 0.1) is 5.82 Å². The minimum absolute atomic E-state index is 0.0743. The Balaban J connectivity index is 1.39. The zero-order valence-corrected chi connectivity index (χ0v) is 22.3. The number of esters is 1. The van der Waals surface area contributed by atoms with Gasteiger partial charge in [0.15, 0.2) is 11.0 Å². The van der Waals surface area contributed by atoms with E-state index < -0.39 is 11.8 Å². The molecule has 3 aromatic rings. The number of ether oxygens (including phenoxy) is 2. The van der Waals surface area contributed by atoms with Gasteiger partial charge in [-0.3, -0.25) is 4.79 Å². The number of benzene rings is 1. The van der Waals surface area contributed by atoms with Gasteiger partial charge in [0.05, 0.1) is 23.4 Å². The number of thioether (sulfide) groups is 1. The molecule has 0 unspecified atom stereocenters. The quantitative estimate of drug-likeness (QED) is 0.294. The second kappa shape index (κ2) is 12.1. The van der Waals surface area contributed by atoms with Crippen LogP contribution < -0.4 is 10.1 Å². The molecule has 0 fully saturated rings. The van der Waals surface area contributed by atoms with Crippen molar-refractivity contribution in [1.82, 2.24) is 14.8 Å². The molecule has 1 N–H and O–H groups in total. The topological polar surface area (TPSA) is 95.3 Å². The molecule has 2 heterocycles. The maximum absolute atomic E-state index is 13.2. The molecule has 1 aromatic carbocycles. The summed E-state index contributed by atoms with van der Waals surface area (Å²) in [7, 11) is 3.12. The summed E-state index contributed by atoms with van der Waals surface area (Å²) in [5.41, 5.74) is 1.49. The second-order valence-corrected chi connectivity index (χ2v) is 10.7. The van der Waals surface area contributed by atoms with Crippen molar-refractivity contribution in [2.24, 2.45) is 7.05 Å². The number of methoxy groups -OCH3 is 1. The molecule has 4 rings (SSSR count). The number of anilines is 1. The zero-order chi connectivity index (χ0) is 25.7. The number of nitrogens with one attached hydrogen (secondary N) is 1. The molecule has 0 bridgehead atoms. The highest BCUT2D eigenvalue weighted by Crippen LogP contribution is 2.37. The number of thiophene rings is 1. The Morgan fingerprint density at radius 3 is 2.75 bits per heavy atom. The van der Waals surface area contributed by atoms with Gasteiger partial charge in [-0.15, -0.1) is 21.5 Å². The third-order valence-corrected chi connectivity index (χ3v) is 8.34. The van der Waals surface area contributed by atoms with Crippen LogP contribution in [0.25, 0.3) is 0 Å². The van der Waals surface area contributed by atoms with Crippen molar-refractivity contribution in [2.45, 2.75) is 50.3 Å². The van der Waals surface area contributed by atoms with Crippen LogP contribution in [0.2, 0.25) is 5.02 Å². The lowest BCUT2D eigenvalue weighted by Gasteiger charge is -2.11. The fourth-order valence-electron chi connectivity index (χ4n) is 3.95. The smallest absolute Gasteiger partial charge is 0.341 e. The highest BCUT2D eigenvalue weighted by molar-refractivity contribution is 7.99. The summed E-state index contributed by atoms with van der Waals surface area (Å²) in [5.74, 6) is -0.186. The number of aryl methyl sites for hydroxylation is 1. The molecule has 1 aliphatic carbocycles. The molecule has 12 heteroatoms. The Labute approximate surface area is 221 Å². The second-order valence-electron chi connectivity index (χ2n) is 8.27. The maximum atomic E-state index is 13.2. The number of carbonyl (C=O) groups is 2. The van der Waals surface area contributed by atoms with Crippen LogP contribution in [0.15, 0.2) is 23.4 Å². The SMILES string of the molecule is COC(=O)c1c(NC(=O)CSc2nnc(COc3ccc(F)cc3Cl)n2C)sc2c1CCCCCC2. The summed E-state index contributed by atoms with van der Waals surface area (Å²) < 4.78 is 25.6. The van der Waals surface area contributed by atoms with Gasteiger partial charge < -0.3 is 19.4 Å². The van der Waals surface area contributed by atoms with Crippen LogP contribution in [0.5, 0.6) is 5.75 Å². The Kier molecular flexibility index (Phi) is 8.86. The normalized spacial score (nSPS) is 13.4. The Morgan fingerprint density at radius 1 is 1.22 bits per heavy atom. The van der Waals surface area contributed by atoms with Crippen LogP contribution >= 0.6 is 34.7 Å². The van der Waals surface area contributed by atoms with E-state index in [1.807, 2.05) is 0 Å². The molecule has 8 nitrogen and oxygen atoms in total. The van der Waals surface area contributed by atoms with E-state index in [4.69, 9.17) is 21.1 Å². The number of halogens is 2. The highest BCUT2D eigenvalue weighted by Gasteiger charge is 2.26. The fourth-order valence-corrected chi connectivity index (χ4v) is 6.19. The van der Waals surface area contributed by atoms with E-state index in [-0.39, 0.29) is 23.3 Å². The number of nitrogens with zero attached hydrogens (tertiary/aromatic N) is 3. The predicted octanol–water partition coefficient (Wildman–Crippen LogP) is 5.42. The summed E-state index contributed by atoms with van der Waals surface area (Å²) in [6.07, 6.45) is 6.11. The maximum Gasteiger partial charge on any atom is 0.341 e. The largest absolute Gasteiger partial charge is 0.484 e. The van der Waals surface area contributed by atoms with Gasteiger partial charge in [-0.1, -0.05) is 36.2 Å². The average molecular weight is 553 g/mol. The van der Waals surface area contributed by atoms with Crippen LogP contribution in [0.4, 0.5) is 9.39 Å². The lowest BCUT2D eigenvalue weighted by Crippen LogP contribution is -2.16. The first-order valence-electron chi connectivity index (χ1n) is 11.5. The number of hydrogen-bond acceptors (Lipinski definition) is 8. The van der Waals surface area contributed by atoms with Crippen molar-refractivity contribution in [3.05, 3.63) is 50.9 Å². The van der Waals surface area contributed by atoms with Crippen molar-refractivity contribution in [1.29, 1.82) is 0 Å². The lowest BCUT2D eigenvalue weighted by molar-refractivity contribution is -0.113. The highest BCUT2D eigenvalue weighted by atomic mass is 35.5. The molecule has 1 amide bonds. The molecule has 2 aromatic heterocycles. The molecule has 0 saturated carbocycles. The summed E-state index contributed by atoms with van der Waals surface area (Å²) in [4.78, 5) is 26.5. The number of aromatic nitrogens is 3. The molecule has 36 heavy (non-hydrogen) atoms. The van der Waals surface area contributed by atoms with E-state index in [9.17, 15) is 14.0 Å². The molecule has 0 aliphatic heterocycles. The van der Waals surface area contributed by atoms with E-state index >= 15 is 0 Å². The molecular weight excluding hydrogens is 527 g/mol. The summed E-state index contributed by atoms with van der Waals surface area (Å²) in [6.45, 7) is 0.0743. The van der Waals surface area contributed by atoms with Gasteiger partial charge in [-0.2, -0.15) is 0 Å². The summed E-state index contributed by atoms with van der Waals surface area (Å²) >= 11 is 8.68. The van der Waals surface area contributed by atoms with Crippen LogP contribution in [-0.2, 0) is 36.0 Å². The molecule has 0 atom stereocenters. The van der Waals surface area contributed by atoms with Crippen LogP contribution in [0.1, 0.15) is 52.3 Å². The molecule has 0 radical (unpaired) electrons. The molecule has 0 saturated heterocycles. The number of amides is 1. The van der Waals surface area contributed by atoms with E-state index in [1.54, 1.807) is 11.6 Å². The summed E-state index contributed by atoms with van der Waals surface area (Å²) in [6, 6.07) is 3.88. The van der Waals surface area contributed by atoms with Crippen molar-refractivity contribution >= 4 is 51.6 Å². The van der Waals surface area contributed by atoms with Gasteiger partial charge in [0.1, 0.15) is 23.2 Å². The van der Waals surface area contributed by atoms with E-state index in [0.717, 1.165) is 42.5 Å². The van der Waals surface area contributed by atoms with Gasteiger partial charge in [0, 0.05) is 11.9 Å². The monoisotopic (exact) mass is 552 g/mol. The zero-order valence-electron chi connectivity index (χ0n) is 19.9. The first-order valence-corrected chi connectivity index (χ1v) is 13.7. The van der Waals surface area contributed by atoms with Crippen molar-refractivity contribution in [3.63, 3.8) is 0 Å². The van der Waals surface area contributed by atoms with E-state index in [1.165, 1.54) is 54.8 Å². The lowest BCUT2D eigenvalue weighted by atomic mass is 9.96.